The monoisotopic (exact) mass is 428 g/mol. The number of primary amides is 1. The number of hydrogen-bond acceptors (Lipinski definition) is 4. The highest BCUT2D eigenvalue weighted by Crippen LogP contribution is 2.28. The summed E-state index contributed by atoms with van der Waals surface area (Å²) in [5, 5.41) is 7.01. The highest BCUT2D eigenvalue weighted by atomic mass is 16.1. The van der Waals surface area contributed by atoms with E-state index in [1.54, 1.807) is 0 Å². The zero-order chi connectivity index (χ0) is 22.1. The van der Waals surface area contributed by atoms with Gasteiger partial charge in [-0.3, -0.25) is 9.79 Å². The van der Waals surface area contributed by atoms with Crippen molar-refractivity contribution in [3.05, 3.63) is 23.9 Å². The summed E-state index contributed by atoms with van der Waals surface area (Å²) < 4.78 is 0. The second kappa shape index (κ2) is 11.9. The number of nitrogens with two attached hydrogens (primary N) is 1. The van der Waals surface area contributed by atoms with E-state index < -0.39 is 0 Å². The van der Waals surface area contributed by atoms with Crippen molar-refractivity contribution in [2.45, 2.75) is 77.3 Å². The third-order valence-corrected chi connectivity index (χ3v) is 6.85. The molecule has 1 saturated carbocycles. The van der Waals surface area contributed by atoms with Crippen molar-refractivity contribution in [1.82, 2.24) is 15.6 Å². The molecule has 0 bridgehead atoms. The third-order valence-electron chi connectivity index (χ3n) is 6.85. The number of pyridine rings is 1. The zero-order valence-corrected chi connectivity index (χ0v) is 19.3. The Balaban J connectivity index is 1.48. The van der Waals surface area contributed by atoms with Crippen LogP contribution in [0.2, 0.25) is 0 Å². The van der Waals surface area contributed by atoms with Gasteiger partial charge in [-0.25, -0.2) is 4.98 Å². The largest absolute Gasteiger partial charge is 0.369 e. The second-order valence-electron chi connectivity index (χ2n) is 9.20. The van der Waals surface area contributed by atoms with Gasteiger partial charge < -0.3 is 21.3 Å². The molecular formula is C24H40N6O. The van der Waals surface area contributed by atoms with Crippen molar-refractivity contribution in [3.63, 3.8) is 0 Å². The Bertz CT molecular complexity index is 723. The molecular weight excluding hydrogens is 388 g/mol. The number of carbonyl (C=O) groups is 1. The molecule has 1 aromatic heterocycles. The standard InChI is InChI=1S/C24H40N6O/c1-18(10-11-19-7-4-3-5-8-19)29-24(26-2)28-17-21-9-6-14-27-23(21)30-15-12-20(13-16-30)22(25)31/h6,9,14,18-20H,3-5,7-8,10-13,15-17H2,1-2H3,(H2,25,31)(H2,26,28,29). The summed E-state index contributed by atoms with van der Waals surface area (Å²) in [6, 6.07) is 4.48. The molecule has 4 N–H and O–H groups in total. The molecule has 3 rings (SSSR count). The van der Waals surface area contributed by atoms with Crippen LogP contribution >= 0.6 is 0 Å². The maximum absolute atomic E-state index is 11.5. The average molecular weight is 429 g/mol. The first-order valence-electron chi connectivity index (χ1n) is 12.0. The molecule has 1 unspecified atom stereocenters. The average Bonchev–Trinajstić information content (AvgIpc) is 2.81. The van der Waals surface area contributed by atoms with Gasteiger partial charge in [0, 0.05) is 50.4 Å². The Morgan fingerprint density at radius 1 is 1.26 bits per heavy atom. The van der Waals surface area contributed by atoms with E-state index in [1.807, 2.05) is 19.3 Å². The molecule has 1 amide bonds. The number of carbonyl (C=O) groups excluding carboxylic acids is 1. The minimum absolute atomic E-state index is 0.0142. The summed E-state index contributed by atoms with van der Waals surface area (Å²) in [4.78, 5) is 22.8. The van der Waals surface area contributed by atoms with Crippen LogP contribution in [0, 0.1) is 11.8 Å². The lowest BCUT2D eigenvalue weighted by Gasteiger charge is -2.32. The predicted molar refractivity (Wildman–Crippen MR) is 127 cm³/mol. The summed E-state index contributed by atoms with van der Waals surface area (Å²) in [6.07, 6.45) is 12.9. The zero-order valence-electron chi connectivity index (χ0n) is 19.3. The molecule has 1 atom stereocenters. The second-order valence-corrected chi connectivity index (χ2v) is 9.20. The minimum Gasteiger partial charge on any atom is -0.369 e. The maximum atomic E-state index is 11.5. The Labute approximate surface area is 187 Å². The number of amides is 1. The molecule has 31 heavy (non-hydrogen) atoms. The molecule has 0 aromatic carbocycles. The summed E-state index contributed by atoms with van der Waals surface area (Å²) >= 11 is 0. The van der Waals surface area contributed by atoms with Crippen LogP contribution in [-0.4, -0.2) is 43.0 Å². The van der Waals surface area contributed by atoms with E-state index in [0.717, 1.165) is 49.2 Å². The van der Waals surface area contributed by atoms with E-state index >= 15 is 0 Å². The molecule has 1 aliphatic carbocycles. The molecule has 1 saturated heterocycles. The van der Waals surface area contributed by atoms with Crippen LogP contribution in [0.1, 0.15) is 70.3 Å². The van der Waals surface area contributed by atoms with Crippen LogP contribution in [0.15, 0.2) is 23.3 Å². The number of nitrogens with one attached hydrogen (secondary N) is 2. The number of nitrogens with zero attached hydrogens (tertiary/aromatic N) is 3. The first-order valence-corrected chi connectivity index (χ1v) is 12.0. The topological polar surface area (TPSA) is 95.6 Å². The highest BCUT2D eigenvalue weighted by Gasteiger charge is 2.25. The van der Waals surface area contributed by atoms with Gasteiger partial charge in [0.15, 0.2) is 5.96 Å². The molecule has 2 heterocycles. The molecule has 7 nitrogen and oxygen atoms in total. The number of aromatic nitrogens is 1. The molecule has 1 aromatic rings. The van der Waals surface area contributed by atoms with E-state index in [4.69, 9.17) is 5.73 Å². The van der Waals surface area contributed by atoms with Crippen LogP contribution in [0.5, 0.6) is 0 Å². The fraction of sp³-hybridized carbons (Fsp3) is 0.708. The number of hydrogen-bond donors (Lipinski definition) is 3. The van der Waals surface area contributed by atoms with Gasteiger partial charge in [0.25, 0.3) is 0 Å². The van der Waals surface area contributed by atoms with Crippen LogP contribution in [0.3, 0.4) is 0 Å². The summed E-state index contributed by atoms with van der Waals surface area (Å²) in [6.45, 7) is 4.52. The van der Waals surface area contributed by atoms with E-state index in [-0.39, 0.29) is 11.8 Å². The van der Waals surface area contributed by atoms with Gasteiger partial charge in [-0.15, -0.1) is 0 Å². The van der Waals surface area contributed by atoms with Crippen LogP contribution in [0.4, 0.5) is 5.82 Å². The Morgan fingerprint density at radius 3 is 2.68 bits per heavy atom. The number of aliphatic imine (C=N–C) groups is 1. The Hall–Kier alpha value is -2.31. The van der Waals surface area contributed by atoms with Crippen LogP contribution in [-0.2, 0) is 11.3 Å². The van der Waals surface area contributed by atoms with Gasteiger partial charge in [0.2, 0.25) is 5.91 Å². The molecule has 2 aliphatic rings. The Morgan fingerprint density at radius 2 is 2.00 bits per heavy atom. The normalized spacial score (nSPS) is 19.8. The summed E-state index contributed by atoms with van der Waals surface area (Å²) in [5.74, 6) is 2.52. The molecule has 172 valence electrons. The lowest BCUT2D eigenvalue weighted by Crippen LogP contribution is -2.42. The van der Waals surface area contributed by atoms with Gasteiger partial charge in [-0.05, 0) is 44.6 Å². The lowest BCUT2D eigenvalue weighted by atomic mass is 9.85. The van der Waals surface area contributed by atoms with Crippen molar-refractivity contribution < 1.29 is 4.79 Å². The van der Waals surface area contributed by atoms with Gasteiger partial charge in [0.1, 0.15) is 5.82 Å². The smallest absolute Gasteiger partial charge is 0.220 e. The summed E-state index contributed by atoms with van der Waals surface area (Å²) in [5.41, 5.74) is 6.61. The van der Waals surface area contributed by atoms with Gasteiger partial charge in [-0.1, -0.05) is 38.2 Å². The van der Waals surface area contributed by atoms with Gasteiger partial charge >= 0.3 is 0 Å². The van der Waals surface area contributed by atoms with E-state index in [2.05, 4.69) is 38.5 Å². The first-order chi connectivity index (χ1) is 15.1. The van der Waals surface area contributed by atoms with Crippen molar-refractivity contribution >= 4 is 17.7 Å². The fourth-order valence-electron chi connectivity index (χ4n) is 4.87. The van der Waals surface area contributed by atoms with Crippen molar-refractivity contribution in [1.29, 1.82) is 0 Å². The highest BCUT2D eigenvalue weighted by molar-refractivity contribution is 5.80. The molecule has 0 radical (unpaired) electrons. The van der Waals surface area contributed by atoms with Crippen LogP contribution in [0.25, 0.3) is 0 Å². The molecule has 7 heteroatoms. The van der Waals surface area contributed by atoms with Crippen molar-refractivity contribution in [3.8, 4) is 0 Å². The Kier molecular flexibility index (Phi) is 8.98. The quantitative estimate of drug-likeness (QED) is 0.436. The van der Waals surface area contributed by atoms with E-state index in [1.165, 1.54) is 44.9 Å². The SMILES string of the molecule is CN=C(NCc1cccnc1N1CCC(C(N)=O)CC1)NC(C)CCC1CCCCC1. The maximum Gasteiger partial charge on any atom is 0.220 e. The number of piperidine rings is 1. The molecule has 2 fully saturated rings. The molecule has 1 aliphatic heterocycles. The third kappa shape index (κ3) is 7.11. The number of anilines is 1. The van der Waals surface area contributed by atoms with Crippen molar-refractivity contribution in [2.75, 3.05) is 25.0 Å². The first kappa shape index (κ1) is 23.4. The lowest BCUT2D eigenvalue weighted by molar-refractivity contribution is -0.122. The molecule has 0 spiro atoms. The summed E-state index contributed by atoms with van der Waals surface area (Å²) in [7, 11) is 1.82. The van der Waals surface area contributed by atoms with Gasteiger partial charge in [-0.2, -0.15) is 0 Å². The van der Waals surface area contributed by atoms with E-state index in [0.29, 0.717) is 12.6 Å². The minimum atomic E-state index is -0.185. The van der Waals surface area contributed by atoms with E-state index in [9.17, 15) is 4.79 Å². The predicted octanol–water partition coefficient (Wildman–Crippen LogP) is 3.20. The fourth-order valence-corrected chi connectivity index (χ4v) is 4.87. The number of rotatable bonds is 8. The number of guanidine groups is 1. The van der Waals surface area contributed by atoms with Crippen molar-refractivity contribution in [2.24, 2.45) is 22.6 Å². The van der Waals surface area contributed by atoms with Crippen LogP contribution < -0.4 is 21.3 Å². The van der Waals surface area contributed by atoms with Gasteiger partial charge in [0.05, 0.1) is 0 Å².